The van der Waals surface area contributed by atoms with Gasteiger partial charge in [0.2, 0.25) is 0 Å². The Kier molecular flexibility index (Phi) is 3.22. The van der Waals surface area contributed by atoms with E-state index in [1.807, 2.05) is 12.1 Å². The number of carbonyl (C=O) groups excluding carboxylic acids is 1. The van der Waals surface area contributed by atoms with Crippen LogP contribution < -0.4 is 0 Å². The first kappa shape index (κ1) is 12.1. The van der Waals surface area contributed by atoms with Crippen molar-refractivity contribution < 1.29 is 18.0 Å². The highest BCUT2D eigenvalue weighted by atomic mass is 19.4. The molecule has 92 valence electrons. The van der Waals surface area contributed by atoms with Gasteiger partial charge in [-0.05, 0) is 24.8 Å². The Morgan fingerprint density at radius 2 is 1.94 bits per heavy atom. The number of Topliss-reactive ketones (excluding diaryl/α,β-unsaturated/α-hetero) is 1. The van der Waals surface area contributed by atoms with Gasteiger partial charge in [-0.25, -0.2) is 0 Å². The van der Waals surface area contributed by atoms with Crippen LogP contribution in [0, 0.1) is 5.92 Å². The van der Waals surface area contributed by atoms with Crippen molar-refractivity contribution in [3.8, 4) is 0 Å². The number of carbonyl (C=O) groups is 1. The lowest BCUT2D eigenvalue weighted by molar-refractivity contribution is -0.141. The zero-order valence-electron chi connectivity index (χ0n) is 9.26. The molecule has 0 radical (unpaired) electrons. The summed E-state index contributed by atoms with van der Waals surface area (Å²) >= 11 is 0. The Labute approximate surface area is 97.6 Å². The standard InChI is InChI=1S/C13H13F3O/c14-13(15,16)8-10-6-3-5-9-4-1-2-7-11(9)12(10)17/h1-2,4,7,10H,3,5-6,8H2. The third kappa shape index (κ3) is 2.87. The van der Waals surface area contributed by atoms with Gasteiger partial charge in [-0.3, -0.25) is 4.79 Å². The zero-order valence-corrected chi connectivity index (χ0v) is 9.26. The van der Waals surface area contributed by atoms with E-state index in [1.54, 1.807) is 12.1 Å². The van der Waals surface area contributed by atoms with Gasteiger partial charge in [0.25, 0.3) is 0 Å². The molecule has 0 N–H and O–H groups in total. The molecule has 0 heterocycles. The molecule has 1 unspecified atom stereocenters. The zero-order chi connectivity index (χ0) is 12.5. The molecule has 1 aliphatic rings. The van der Waals surface area contributed by atoms with Crippen LogP contribution in [0.3, 0.4) is 0 Å². The summed E-state index contributed by atoms with van der Waals surface area (Å²) in [5.41, 5.74) is 1.35. The van der Waals surface area contributed by atoms with Gasteiger partial charge in [0.15, 0.2) is 5.78 Å². The average Bonchev–Trinajstić information content (AvgIpc) is 2.39. The van der Waals surface area contributed by atoms with Crippen molar-refractivity contribution in [2.75, 3.05) is 0 Å². The number of hydrogen-bond donors (Lipinski definition) is 0. The van der Waals surface area contributed by atoms with Gasteiger partial charge < -0.3 is 0 Å². The van der Waals surface area contributed by atoms with Crippen molar-refractivity contribution in [2.45, 2.75) is 31.9 Å². The Hall–Kier alpha value is -1.32. The largest absolute Gasteiger partial charge is 0.389 e. The molecule has 0 aromatic heterocycles. The molecular weight excluding hydrogens is 229 g/mol. The average molecular weight is 242 g/mol. The molecule has 0 saturated heterocycles. The molecule has 1 aromatic carbocycles. The normalized spacial score (nSPS) is 20.9. The molecule has 2 rings (SSSR count). The van der Waals surface area contributed by atoms with Crippen molar-refractivity contribution in [3.63, 3.8) is 0 Å². The van der Waals surface area contributed by atoms with Crippen LogP contribution in [0.15, 0.2) is 24.3 Å². The summed E-state index contributed by atoms with van der Waals surface area (Å²) < 4.78 is 37.1. The highest BCUT2D eigenvalue weighted by Gasteiger charge is 2.36. The fourth-order valence-electron chi connectivity index (χ4n) is 2.34. The van der Waals surface area contributed by atoms with Crippen LogP contribution in [0.1, 0.15) is 35.2 Å². The lowest BCUT2D eigenvalue weighted by Crippen LogP contribution is -2.22. The molecule has 4 heteroatoms. The lowest BCUT2D eigenvalue weighted by atomic mass is 9.92. The second-order valence-electron chi connectivity index (χ2n) is 4.43. The van der Waals surface area contributed by atoms with E-state index in [4.69, 9.17) is 0 Å². The molecule has 0 amide bonds. The molecule has 1 nitrogen and oxygen atoms in total. The van der Waals surface area contributed by atoms with E-state index < -0.39 is 18.5 Å². The summed E-state index contributed by atoms with van der Waals surface area (Å²) in [5.74, 6) is -1.26. The van der Waals surface area contributed by atoms with E-state index in [-0.39, 0.29) is 5.78 Å². The number of hydrogen-bond acceptors (Lipinski definition) is 1. The number of halogens is 3. The smallest absolute Gasteiger partial charge is 0.294 e. The summed E-state index contributed by atoms with van der Waals surface area (Å²) in [7, 11) is 0. The highest BCUT2D eigenvalue weighted by molar-refractivity contribution is 5.99. The Balaban J connectivity index is 2.26. The highest BCUT2D eigenvalue weighted by Crippen LogP contribution is 2.33. The van der Waals surface area contributed by atoms with Crippen molar-refractivity contribution in [1.82, 2.24) is 0 Å². The summed E-state index contributed by atoms with van der Waals surface area (Å²) in [6.45, 7) is 0. The maximum atomic E-state index is 12.4. The molecule has 0 saturated carbocycles. The number of fused-ring (bicyclic) bond motifs is 1. The monoisotopic (exact) mass is 242 g/mol. The van der Waals surface area contributed by atoms with E-state index in [0.717, 1.165) is 5.56 Å². The quantitative estimate of drug-likeness (QED) is 0.685. The van der Waals surface area contributed by atoms with Crippen LogP contribution in [0.25, 0.3) is 0 Å². The fourth-order valence-corrected chi connectivity index (χ4v) is 2.34. The van der Waals surface area contributed by atoms with Gasteiger partial charge in [0.1, 0.15) is 0 Å². The number of rotatable bonds is 1. The van der Waals surface area contributed by atoms with Crippen LogP contribution >= 0.6 is 0 Å². The Bertz CT molecular complexity index is 423. The number of aryl methyl sites for hydroxylation is 1. The summed E-state index contributed by atoms with van der Waals surface area (Å²) in [4.78, 5) is 12.0. The van der Waals surface area contributed by atoms with Crippen LogP contribution in [0.2, 0.25) is 0 Å². The van der Waals surface area contributed by atoms with E-state index in [2.05, 4.69) is 0 Å². The van der Waals surface area contributed by atoms with Crippen molar-refractivity contribution in [1.29, 1.82) is 0 Å². The minimum Gasteiger partial charge on any atom is -0.294 e. The van der Waals surface area contributed by atoms with Gasteiger partial charge in [0, 0.05) is 11.5 Å². The molecule has 1 atom stereocenters. The minimum atomic E-state index is -4.26. The maximum Gasteiger partial charge on any atom is 0.389 e. The molecule has 17 heavy (non-hydrogen) atoms. The molecular formula is C13H13F3O. The molecule has 1 aromatic rings. The Morgan fingerprint density at radius 1 is 1.24 bits per heavy atom. The summed E-state index contributed by atoms with van der Waals surface area (Å²) in [6, 6.07) is 6.97. The summed E-state index contributed by atoms with van der Waals surface area (Å²) in [5, 5.41) is 0. The van der Waals surface area contributed by atoms with E-state index >= 15 is 0 Å². The molecule has 1 aliphatic carbocycles. The first-order valence-electron chi connectivity index (χ1n) is 5.66. The van der Waals surface area contributed by atoms with Crippen LogP contribution in [0.5, 0.6) is 0 Å². The third-order valence-corrected chi connectivity index (χ3v) is 3.13. The van der Waals surface area contributed by atoms with Gasteiger partial charge in [-0.15, -0.1) is 0 Å². The van der Waals surface area contributed by atoms with E-state index in [1.165, 1.54) is 0 Å². The lowest BCUT2D eigenvalue weighted by Gasteiger charge is -2.15. The van der Waals surface area contributed by atoms with Gasteiger partial charge in [0.05, 0.1) is 6.42 Å². The molecule has 0 spiro atoms. The second kappa shape index (κ2) is 4.51. The first-order chi connectivity index (χ1) is 7.97. The van der Waals surface area contributed by atoms with Gasteiger partial charge in [-0.2, -0.15) is 13.2 Å². The van der Waals surface area contributed by atoms with Gasteiger partial charge >= 0.3 is 6.18 Å². The van der Waals surface area contributed by atoms with Crippen molar-refractivity contribution in [2.24, 2.45) is 5.92 Å². The predicted octanol–water partition coefficient (Wildman–Crippen LogP) is 3.77. The van der Waals surface area contributed by atoms with Crippen LogP contribution in [-0.2, 0) is 6.42 Å². The third-order valence-electron chi connectivity index (χ3n) is 3.13. The van der Waals surface area contributed by atoms with Crippen LogP contribution in [0.4, 0.5) is 13.2 Å². The predicted molar refractivity (Wildman–Crippen MR) is 57.9 cm³/mol. The van der Waals surface area contributed by atoms with Crippen molar-refractivity contribution in [3.05, 3.63) is 35.4 Å². The van der Waals surface area contributed by atoms with E-state index in [9.17, 15) is 18.0 Å². The number of alkyl halides is 3. The van der Waals surface area contributed by atoms with Crippen molar-refractivity contribution >= 4 is 5.78 Å². The summed E-state index contributed by atoms with van der Waals surface area (Å²) in [6.07, 6.45) is -3.60. The SMILES string of the molecule is O=C1c2ccccc2CCCC1CC(F)(F)F. The molecule has 0 bridgehead atoms. The van der Waals surface area contributed by atoms with Crippen LogP contribution in [-0.4, -0.2) is 12.0 Å². The van der Waals surface area contributed by atoms with E-state index in [0.29, 0.717) is 24.8 Å². The first-order valence-corrected chi connectivity index (χ1v) is 5.66. The Morgan fingerprint density at radius 3 is 2.65 bits per heavy atom. The van der Waals surface area contributed by atoms with Gasteiger partial charge in [-0.1, -0.05) is 24.3 Å². The molecule has 0 fully saturated rings. The maximum absolute atomic E-state index is 12.4. The number of ketones is 1. The number of benzene rings is 1. The molecule has 0 aliphatic heterocycles. The fraction of sp³-hybridized carbons (Fsp3) is 0.462. The second-order valence-corrected chi connectivity index (χ2v) is 4.43. The minimum absolute atomic E-state index is 0.326. The topological polar surface area (TPSA) is 17.1 Å².